The topological polar surface area (TPSA) is 66.7 Å². The molecule has 0 unspecified atom stereocenters. The summed E-state index contributed by atoms with van der Waals surface area (Å²) in [4.78, 5) is 7.13. The molecule has 2 N–H and O–H groups in total. The number of hydrogen-bond acceptors (Lipinski definition) is 4. The molecule has 1 aromatic carbocycles. The molecular weight excluding hydrogens is 515 g/mol. The molecule has 1 aliphatic heterocycles. The van der Waals surface area contributed by atoms with Crippen LogP contribution in [0.25, 0.3) is 5.69 Å². The summed E-state index contributed by atoms with van der Waals surface area (Å²) < 4.78 is 7.48. The van der Waals surface area contributed by atoms with Crippen LogP contribution in [0.15, 0.2) is 47.7 Å². The predicted molar refractivity (Wildman–Crippen MR) is 140 cm³/mol. The first-order valence-electron chi connectivity index (χ1n) is 11.7. The van der Waals surface area contributed by atoms with Crippen LogP contribution in [0.2, 0.25) is 0 Å². The van der Waals surface area contributed by atoms with Crippen molar-refractivity contribution in [2.75, 3.05) is 46.4 Å². The summed E-state index contributed by atoms with van der Waals surface area (Å²) >= 11 is 0. The van der Waals surface area contributed by atoms with Crippen LogP contribution in [0.1, 0.15) is 37.7 Å². The number of aromatic nitrogens is 2. The molecule has 2 aromatic rings. The number of halogens is 1. The third-order valence-electron chi connectivity index (χ3n) is 6.69. The zero-order valence-electron chi connectivity index (χ0n) is 19.1. The maximum absolute atomic E-state index is 5.60. The van der Waals surface area contributed by atoms with Crippen molar-refractivity contribution in [2.24, 2.45) is 4.99 Å². The van der Waals surface area contributed by atoms with Crippen molar-refractivity contribution in [3.63, 3.8) is 0 Å². The Morgan fingerprint density at radius 1 is 1.09 bits per heavy atom. The molecule has 0 atom stereocenters. The van der Waals surface area contributed by atoms with Gasteiger partial charge in [0.15, 0.2) is 5.96 Å². The molecule has 0 spiro atoms. The van der Waals surface area contributed by atoms with Crippen LogP contribution in [0.5, 0.6) is 0 Å². The van der Waals surface area contributed by atoms with Gasteiger partial charge in [0.25, 0.3) is 0 Å². The number of nitrogens with zero attached hydrogens (tertiary/aromatic N) is 4. The number of morpholine rings is 1. The second-order valence-corrected chi connectivity index (χ2v) is 8.60. The summed E-state index contributed by atoms with van der Waals surface area (Å²) in [5.41, 5.74) is 2.62. The van der Waals surface area contributed by atoms with Crippen LogP contribution < -0.4 is 10.6 Å². The summed E-state index contributed by atoms with van der Waals surface area (Å²) in [5, 5.41) is 11.4. The fourth-order valence-corrected chi connectivity index (χ4v) is 4.88. The lowest BCUT2D eigenvalue weighted by Crippen LogP contribution is -2.60. The van der Waals surface area contributed by atoms with E-state index in [9.17, 15) is 0 Å². The first-order chi connectivity index (χ1) is 15.3. The minimum atomic E-state index is 0. The molecule has 7 nitrogen and oxygen atoms in total. The Bertz CT molecular complexity index is 812. The lowest BCUT2D eigenvalue weighted by atomic mass is 9.80. The third-order valence-corrected chi connectivity index (χ3v) is 6.69. The highest BCUT2D eigenvalue weighted by atomic mass is 127. The number of aliphatic imine (C=N–C) groups is 1. The average molecular weight is 553 g/mol. The average Bonchev–Trinajstić information content (AvgIpc) is 3.38. The van der Waals surface area contributed by atoms with Gasteiger partial charge in [-0.1, -0.05) is 31.4 Å². The summed E-state index contributed by atoms with van der Waals surface area (Å²) in [5.74, 6) is 0.895. The van der Waals surface area contributed by atoms with Crippen molar-refractivity contribution in [3.05, 3.63) is 48.3 Å². The van der Waals surface area contributed by atoms with Crippen LogP contribution >= 0.6 is 24.0 Å². The molecular formula is C24H37IN6O. The minimum Gasteiger partial charge on any atom is -0.379 e. The quantitative estimate of drug-likeness (QED) is 0.314. The van der Waals surface area contributed by atoms with Crippen LogP contribution in [-0.2, 0) is 11.2 Å². The Hall–Kier alpha value is -1.65. The Kier molecular flexibility index (Phi) is 9.80. The van der Waals surface area contributed by atoms with Crippen LogP contribution in [0.3, 0.4) is 0 Å². The smallest absolute Gasteiger partial charge is 0.191 e. The Balaban J connectivity index is 0.00000289. The van der Waals surface area contributed by atoms with Gasteiger partial charge in [-0.3, -0.25) is 9.89 Å². The lowest BCUT2D eigenvalue weighted by molar-refractivity contribution is -0.0352. The van der Waals surface area contributed by atoms with Crippen LogP contribution in [0, 0.1) is 0 Å². The van der Waals surface area contributed by atoms with Gasteiger partial charge in [0.05, 0.1) is 18.9 Å². The van der Waals surface area contributed by atoms with Crippen LogP contribution in [-0.4, -0.2) is 72.6 Å². The van der Waals surface area contributed by atoms with E-state index in [0.29, 0.717) is 0 Å². The zero-order valence-corrected chi connectivity index (χ0v) is 21.5. The highest BCUT2D eigenvalue weighted by molar-refractivity contribution is 14.0. The van der Waals surface area contributed by atoms with E-state index >= 15 is 0 Å². The summed E-state index contributed by atoms with van der Waals surface area (Å²) in [7, 11) is 1.86. The molecule has 0 bridgehead atoms. The number of nitrogens with one attached hydrogen (secondary N) is 2. The number of rotatable bonds is 7. The number of hydrogen-bond donors (Lipinski definition) is 2. The molecule has 1 saturated heterocycles. The fourth-order valence-electron chi connectivity index (χ4n) is 4.88. The molecule has 2 fully saturated rings. The van der Waals surface area contributed by atoms with Crippen molar-refractivity contribution in [1.82, 2.24) is 25.3 Å². The standard InChI is InChI=1S/C24H36N6O.HI/c1-25-23(26-14-10-21-6-8-22(9-7-21)30-15-5-13-28-30)27-20-24(11-3-2-4-12-24)29-16-18-31-19-17-29;/h5-9,13,15H,2-4,10-12,14,16-20H2,1H3,(H2,25,26,27);1H. The van der Waals surface area contributed by atoms with Crippen molar-refractivity contribution in [1.29, 1.82) is 0 Å². The molecule has 1 aliphatic carbocycles. The molecule has 0 radical (unpaired) electrons. The van der Waals surface area contributed by atoms with Gasteiger partial charge in [-0.25, -0.2) is 4.68 Å². The Morgan fingerprint density at radius 3 is 2.50 bits per heavy atom. The van der Waals surface area contributed by atoms with Crippen molar-refractivity contribution < 1.29 is 4.74 Å². The van der Waals surface area contributed by atoms with E-state index in [-0.39, 0.29) is 29.5 Å². The van der Waals surface area contributed by atoms with Gasteiger partial charge in [-0.05, 0) is 43.0 Å². The molecule has 2 aliphatic rings. The van der Waals surface area contributed by atoms with Gasteiger partial charge < -0.3 is 15.4 Å². The van der Waals surface area contributed by atoms with E-state index in [2.05, 4.69) is 49.9 Å². The molecule has 4 rings (SSSR count). The Labute approximate surface area is 209 Å². The van der Waals surface area contributed by atoms with Crippen molar-refractivity contribution in [3.8, 4) is 5.69 Å². The maximum Gasteiger partial charge on any atom is 0.191 e. The largest absolute Gasteiger partial charge is 0.379 e. The number of ether oxygens (including phenoxy) is 1. The third kappa shape index (κ3) is 6.45. The number of guanidine groups is 1. The molecule has 32 heavy (non-hydrogen) atoms. The monoisotopic (exact) mass is 552 g/mol. The van der Waals surface area contributed by atoms with Gasteiger partial charge in [0, 0.05) is 51.2 Å². The lowest BCUT2D eigenvalue weighted by Gasteiger charge is -2.48. The number of benzene rings is 1. The van der Waals surface area contributed by atoms with E-state index < -0.39 is 0 Å². The van der Waals surface area contributed by atoms with Gasteiger partial charge in [-0.15, -0.1) is 24.0 Å². The van der Waals surface area contributed by atoms with Crippen LogP contribution in [0.4, 0.5) is 0 Å². The fraction of sp³-hybridized carbons (Fsp3) is 0.583. The first kappa shape index (κ1) is 25.0. The van der Waals surface area contributed by atoms with Gasteiger partial charge in [0.2, 0.25) is 0 Å². The maximum atomic E-state index is 5.60. The van der Waals surface area contributed by atoms with Gasteiger partial charge in [0.1, 0.15) is 0 Å². The highest BCUT2D eigenvalue weighted by Crippen LogP contribution is 2.33. The Morgan fingerprint density at radius 2 is 1.84 bits per heavy atom. The SMILES string of the molecule is CN=C(NCCc1ccc(-n2cccn2)cc1)NCC1(N2CCOCC2)CCCCC1.I. The van der Waals surface area contributed by atoms with E-state index in [1.54, 1.807) is 6.20 Å². The molecule has 1 aromatic heterocycles. The summed E-state index contributed by atoms with van der Waals surface area (Å²) in [6, 6.07) is 10.5. The summed E-state index contributed by atoms with van der Waals surface area (Å²) in [6.45, 7) is 5.60. The second kappa shape index (κ2) is 12.6. The van der Waals surface area contributed by atoms with Gasteiger partial charge in [-0.2, -0.15) is 5.10 Å². The van der Waals surface area contributed by atoms with E-state index in [1.165, 1.54) is 37.7 Å². The first-order valence-corrected chi connectivity index (χ1v) is 11.7. The highest BCUT2D eigenvalue weighted by Gasteiger charge is 2.38. The normalized spacial score (nSPS) is 19.2. The van der Waals surface area contributed by atoms with E-state index in [0.717, 1.165) is 57.5 Å². The van der Waals surface area contributed by atoms with Crippen molar-refractivity contribution >= 4 is 29.9 Å². The zero-order chi connectivity index (χ0) is 21.4. The van der Waals surface area contributed by atoms with Gasteiger partial charge >= 0.3 is 0 Å². The minimum absolute atomic E-state index is 0. The molecule has 8 heteroatoms. The van der Waals surface area contributed by atoms with E-state index in [1.807, 2.05) is 24.0 Å². The van der Waals surface area contributed by atoms with E-state index in [4.69, 9.17) is 4.74 Å². The van der Waals surface area contributed by atoms with Crippen molar-refractivity contribution in [2.45, 2.75) is 44.1 Å². The predicted octanol–water partition coefficient (Wildman–Crippen LogP) is 3.23. The molecule has 2 heterocycles. The molecule has 0 amide bonds. The second-order valence-electron chi connectivity index (χ2n) is 8.60. The molecule has 176 valence electrons. The summed E-state index contributed by atoms with van der Waals surface area (Å²) in [6.07, 6.45) is 11.2. The molecule has 1 saturated carbocycles.